The second-order valence-electron chi connectivity index (χ2n) is 9.29. The highest BCUT2D eigenvalue weighted by molar-refractivity contribution is 6.35. The first kappa shape index (κ1) is 25.3. The first-order chi connectivity index (χ1) is 17.7. The number of hydrogen-bond donors (Lipinski definition) is 1. The lowest BCUT2D eigenvalue weighted by molar-refractivity contribution is -0.119. The Balaban J connectivity index is 1.59. The molecule has 37 heavy (non-hydrogen) atoms. The quantitative estimate of drug-likeness (QED) is 0.374. The summed E-state index contributed by atoms with van der Waals surface area (Å²) in [6.45, 7) is 1.71. The minimum absolute atomic E-state index is 0.0379. The molecule has 4 nitrogen and oxygen atoms in total. The predicted molar refractivity (Wildman–Crippen MR) is 141 cm³/mol. The van der Waals surface area contributed by atoms with Gasteiger partial charge in [0.25, 0.3) is 0 Å². The molecule has 188 valence electrons. The number of Topliss-reactive ketones (excluding diaryl/α,β-unsaturated/α-hetero) is 1. The van der Waals surface area contributed by atoms with Crippen LogP contribution in [0.1, 0.15) is 42.7 Å². The lowest BCUT2D eigenvalue weighted by atomic mass is 9.69. The molecular weight excluding hydrogens is 517 g/mol. The third kappa shape index (κ3) is 4.96. The molecule has 0 radical (unpaired) electrons. The van der Waals surface area contributed by atoms with Crippen LogP contribution in [0, 0.1) is 17.6 Å². The van der Waals surface area contributed by atoms with Crippen LogP contribution >= 0.6 is 23.2 Å². The van der Waals surface area contributed by atoms with Crippen molar-refractivity contribution in [1.82, 2.24) is 0 Å². The molecular formula is C29H22Cl2F2N2O2. The second-order valence-corrected chi connectivity index (χ2v) is 10.1. The minimum atomic E-state index is -0.945. The molecule has 3 aromatic rings. The molecule has 1 unspecified atom stereocenters. The van der Waals surface area contributed by atoms with Gasteiger partial charge in [-0.05, 0) is 54.7 Å². The first-order valence-electron chi connectivity index (χ1n) is 11.8. The SMILES string of the molecule is CC1=NC2=C(C(=O)C[C@@H](c3ccccc3)C2)[C@H](c2ccc(Cl)cc2Cl)C1C(=O)Nc1ccc(F)cc1F. The molecule has 0 bridgehead atoms. The molecule has 3 aromatic carbocycles. The Morgan fingerprint density at radius 3 is 2.46 bits per heavy atom. The van der Waals surface area contributed by atoms with E-state index in [4.69, 9.17) is 28.2 Å². The normalized spacial score (nSPS) is 21.4. The van der Waals surface area contributed by atoms with E-state index < -0.39 is 29.4 Å². The number of hydrogen-bond acceptors (Lipinski definition) is 3. The van der Waals surface area contributed by atoms with Crippen molar-refractivity contribution in [2.24, 2.45) is 10.9 Å². The van der Waals surface area contributed by atoms with Gasteiger partial charge in [0.1, 0.15) is 11.6 Å². The summed E-state index contributed by atoms with van der Waals surface area (Å²) in [4.78, 5) is 32.0. The molecule has 0 fully saturated rings. The number of ketones is 1. The lowest BCUT2D eigenvalue weighted by Gasteiger charge is -2.37. The van der Waals surface area contributed by atoms with Crippen LogP contribution in [0.2, 0.25) is 10.0 Å². The van der Waals surface area contributed by atoms with Gasteiger partial charge in [-0.1, -0.05) is 59.6 Å². The smallest absolute Gasteiger partial charge is 0.234 e. The summed E-state index contributed by atoms with van der Waals surface area (Å²) < 4.78 is 27.8. The van der Waals surface area contributed by atoms with Gasteiger partial charge in [0.15, 0.2) is 5.78 Å². The van der Waals surface area contributed by atoms with Gasteiger partial charge in [0, 0.05) is 45.4 Å². The number of benzene rings is 3. The molecule has 0 saturated carbocycles. The van der Waals surface area contributed by atoms with Gasteiger partial charge >= 0.3 is 0 Å². The molecule has 8 heteroatoms. The molecule has 1 aliphatic heterocycles. The van der Waals surface area contributed by atoms with Crippen molar-refractivity contribution in [3.63, 3.8) is 0 Å². The Hall–Kier alpha value is -3.35. The van der Waals surface area contributed by atoms with Gasteiger partial charge in [-0.15, -0.1) is 0 Å². The van der Waals surface area contributed by atoms with Crippen molar-refractivity contribution >= 4 is 46.3 Å². The van der Waals surface area contributed by atoms with Crippen LogP contribution in [0.15, 0.2) is 83.0 Å². The molecule has 0 saturated heterocycles. The highest BCUT2D eigenvalue weighted by Gasteiger charge is 2.44. The van der Waals surface area contributed by atoms with Gasteiger partial charge in [-0.3, -0.25) is 14.6 Å². The number of rotatable bonds is 4. The topological polar surface area (TPSA) is 58.5 Å². The third-order valence-corrected chi connectivity index (χ3v) is 7.49. The Morgan fingerprint density at radius 1 is 1.00 bits per heavy atom. The Kier molecular flexibility index (Phi) is 6.97. The Morgan fingerprint density at radius 2 is 1.76 bits per heavy atom. The van der Waals surface area contributed by atoms with Gasteiger partial charge < -0.3 is 5.32 Å². The number of nitrogens with one attached hydrogen (secondary N) is 1. The minimum Gasteiger partial charge on any atom is -0.323 e. The number of halogens is 4. The molecule has 5 rings (SSSR count). The van der Waals surface area contributed by atoms with Crippen LogP contribution in [0.5, 0.6) is 0 Å². The van der Waals surface area contributed by atoms with E-state index in [1.54, 1.807) is 25.1 Å². The van der Waals surface area contributed by atoms with Crippen LogP contribution in [0.3, 0.4) is 0 Å². The fourth-order valence-corrected chi connectivity index (χ4v) is 5.78. The highest BCUT2D eigenvalue weighted by atomic mass is 35.5. The van der Waals surface area contributed by atoms with Gasteiger partial charge in [-0.2, -0.15) is 0 Å². The van der Waals surface area contributed by atoms with E-state index in [1.165, 1.54) is 0 Å². The Bertz CT molecular complexity index is 1470. The molecule has 1 aliphatic carbocycles. The maximum atomic E-state index is 14.4. The summed E-state index contributed by atoms with van der Waals surface area (Å²) in [5, 5.41) is 3.27. The maximum absolute atomic E-state index is 14.4. The summed E-state index contributed by atoms with van der Waals surface area (Å²) in [5.41, 5.74) is 2.95. The number of amides is 1. The van der Waals surface area contributed by atoms with E-state index in [0.29, 0.717) is 45.1 Å². The van der Waals surface area contributed by atoms with E-state index >= 15 is 0 Å². The zero-order valence-corrected chi connectivity index (χ0v) is 21.3. The average molecular weight is 539 g/mol. The predicted octanol–water partition coefficient (Wildman–Crippen LogP) is 7.49. The van der Waals surface area contributed by atoms with Crippen LogP contribution in [-0.4, -0.2) is 17.4 Å². The summed E-state index contributed by atoms with van der Waals surface area (Å²) in [5.74, 6) is -4.08. The van der Waals surface area contributed by atoms with E-state index in [0.717, 1.165) is 17.7 Å². The van der Waals surface area contributed by atoms with Crippen molar-refractivity contribution in [1.29, 1.82) is 0 Å². The largest absolute Gasteiger partial charge is 0.323 e. The van der Waals surface area contributed by atoms with Crippen molar-refractivity contribution < 1.29 is 18.4 Å². The molecule has 3 atom stereocenters. The van der Waals surface area contributed by atoms with Gasteiger partial charge in [0.05, 0.1) is 11.6 Å². The zero-order valence-electron chi connectivity index (χ0n) is 19.8. The van der Waals surface area contributed by atoms with E-state index in [2.05, 4.69) is 5.32 Å². The zero-order chi connectivity index (χ0) is 26.3. The van der Waals surface area contributed by atoms with Crippen LogP contribution < -0.4 is 5.32 Å². The summed E-state index contributed by atoms with van der Waals surface area (Å²) in [6, 6.07) is 17.6. The molecule has 1 amide bonds. The fraction of sp³-hybridized carbons (Fsp3) is 0.207. The average Bonchev–Trinajstić information content (AvgIpc) is 2.85. The van der Waals surface area contributed by atoms with Crippen LogP contribution in [0.4, 0.5) is 14.5 Å². The van der Waals surface area contributed by atoms with Gasteiger partial charge in [-0.25, -0.2) is 8.78 Å². The van der Waals surface area contributed by atoms with E-state index in [-0.39, 0.29) is 23.8 Å². The van der Waals surface area contributed by atoms with E-state index in [1.807, 2.05) is 30.3 Å². The number of allylic oxidation sites excluding steroid dienone is 2. The molecule has 1 N–H and O–H groups in total. The summed E-state index contributed by atoms with van der Waals surface area (Å²) in [6.07, 6.45) is 0.797. The number of carbonyl (C=O) groups excluding carboxylic acids is 2. The van der Waals surface area contributed by atoms with Crippen molar-refractivity contribution in [2.75, 3.05) is 5.32 Å². The van der Waals surface area contributed by atoms with Crippen LogP contribution in [0.25, 0.3) is 0 Å². The van der Waals surface area contributed by atoms with Gasteiger partial charge in [0.2, 0.25) is 5.91 Å². The first-order valence-corrected chi connectivity index (χ1v) is 12.6. The monoisotopic (exact) mass is 538 g/mol. The number of carbonyl (C=O) groups is 2. The number of nitrogens with zero attached hydrogens (tertiary/aromatic N) is 1. The van der Waals surface area contributed by atoms with E-state index in [9.17, 15) is 18.4 Å². The number of anilines is 1. The van der Waals surface area contributed by atoms with Crippen LogP contribution in [-0.2, 0) is 9.59 Å². The molecule has 2 aliphatic rings. The maximum Gasteiger partial charge on any atom is 0.234 e. The lowest BCUT2D eigenvalue weighted by Crippen LogP contribution is -2.40. The second kappa shape index (κ2) is 10.2. The van der Waals surface area contributed by atoms with Crippen molar-refractivity contribution in [3.05, 3.63) is 111 Å². The van der Waals surface area contributed by atoms with Crippen molar-refractivity contribution in [2.45, 2.75) is 31.6 Å². The summed E-state index contributed by atoms with van der Waals surface area (Å²) in [7, 11) is 0. The standard InChI is InChI=1S/C29H22Cl2F2N2O2/c1-15-26(29(37)35-23-10-8-19(32)14-22(23)33)27(20-9-7-18(30)13-21(20)31)28-24(34-15)11-17(12-25(28)36)16-5-3-2-4-6-16/h2-10,13-14,17,26-27H,11-12H2,1H3,(H,35,37)/t17-,26?,27+/m0/s1. The Labute approximate surface area is 223 Å². The highest BCUT2D eigenvalue weighted by Crippen LogP contribution is 2.48. The number of aliphatic imine (C=N–C) groups is 1. The third-order valence-electron chi connectivity index (χ3n) is 6.93. The fourth-order valence-electron chi connectivity index (χ4n) is 5.25. The summed E-state index contributed by atoms with van der Waals surface area (Å²) >= 11 is 12.7. The molecule has 1 heterocycles. The molecule has 0 aromatic heterocycles. The molecule has 0 spiro atoms. The van der Waals surface area contributed by atoms with Crippen molar-refractivity contribution in [3.8, 4) is 0 Å².